The smallest absolute Gasteiger partial charge is 0.0617 e. The van der Waals surface area contributed by atoms with Gasteiger partial charge in [-0.3, -0.25) is 0 Å². The second-order valence-electron chi connectivity index (χ2n) is 3.53. The zero-order valence-electron chi connectivity index (χ0n) is 7.38. The predicted molar refractivity (Wildman–Crippen MR) is 46.4 cm³/mol. The first-order chi connectivity index (χ1) is 5.33. The molecule has 11 heavy (non-hydrogen) atoms. The highest BCUT2D eigenvalue weighted by atomic mass is 16.5. The normalized spacial score (nSPS) is 20.2. The summed E-state index contributed by atoms with van der Waals surface area (Å²) in [5.41, 5.74) is 5.77. The van der Waals surface area contributed by atoms with Crippen LogP contribution in [0.1, 0.15) is 32.6 Å². The molecule has 1 saturated carbocycles. The van der Waals surface area contributed by atoms with Crippen molar-refractivity contribution in [1.82, 2.24) is 0 Å². The van der Waals surface area contributed by atoms with Crippen molar-refractivity contribution in [3.63, 3.8) is 0 Å². The third-order valence-corrected chi connectivity index (χ3v) is 2.04. The SMILES string of the molecule is CCCC(N)COCC1CC1. The lowest BCUT2D eigenvalue weighted by atomic mass is 10.2. The van der Waals surface area contributed by atoms with Crippen LogP contribution in [0.3, 0.4) is 0 Å². The van der Waals surface area contributed by atoms with Crippen LogP contribution in [0.5, 0.6) is 0 Å². The Morgan fingerprint density at radius 1 is 1.55 bits per heavy atom. The highest BCUT2D eigenvalue weighted by Gasteiger charge is 2.21. The van der Waals surface area contributed by atoms with Crippen LogP contribution in [-0.2, 0) is 4.74 Å². The van der Waals surface area contributed by atoms with Crippen LogP contribution in [0, 0.1) is 5.92 Å². The number of nitrogens with two attached hydrogens (primary N) is 1. The Morgan fingerprint density at radius 2 is 2.27 bits per heavy atom. The first-order valence-electron chi connectivity index (χ1n) is 4.66. The molecule has 66 valence electrons. The van der Waals surface area contributed by atoms with E-state index in [1.54, 1.807) is 0 Å². The maximum Gasteiger partial charge on any atom is 0.0617 e. The van der Waals surface area contributed by atoms with Gasteiger partial charge in [0.2, 0.25) is 0 Å². The van der Waals surface area contributed by atoms with Crippen LogP contribution in [0.15, 0.2) is 0 Å². The Labute approximate surface area is 69.1 Å². The van der Waals surface area contributed by atoms with E-state index in [0.717, 1.165) is 32.0 Å². The first-order valence-corrected chi connectivity index (χ1v) is 4.66. The lowest BCUT2D eigenvalue weighted by Gasteiger charge is -2.09. The van der Waals surface area contributed by atoms with Gasteiger partial charge in [0, 0.05) is 12.6 Å². The first kappa shape index (κ1) is 9.01. The highest BCUT2D eigenvalue weighted by molar-refractivity contribution is 4.72. The number of ether oxygens (including phenoxy) is 1. The molecule has 1 rings (SSSR count). The molecule has 1 aliphatic rings. The van der Waals surface area contributed by atoms with E-state index in [2.05, 4.69) is 6.92 Å². The standard InChI is InChI=1S/C9H19NO/c1-2-3-9(10)7-11-6-8-4-5-8/h8-9H,2-7,10H2,1H3. The molecule has 0 radical (unpaired) electrons. The average molecular weight is 157 g/mol. The average Bonchev–Trinajstić information content (AvgIpc) is 2.72. The molecule has 0 aromatic carbocycles. The van der Waals surface area contributed by atoms with Crippen molar-refractivity contribution in [1.29, 1.82) is 0 Å². The monoisotopic (exact) mass is 157 g/mol. The summed E-state index contributed by atoms with van der Waals surface area (Å²) in [6.45, 7) is 3.85. The molecule has 0 bridgehead atoms. The van der Waals surface area contributed by atoms with Crippen molar-refractivity contribution >= 4 is 0 Å². The molecule has 0 spiro atoms. The van der Waals surface area contributed by atoms with E-state index >= 15 is 0 Å². The van der Waals surface area contributed by atoms with Crippen LogP contribution in [0.2, 0.25) is 0 Å². The molecule has 0 heterocycles. The van der Waals surface area contributed by atoms with E-state index in [0.29, 0.717) is 0 Å². The summed E-state index contributed by atoms with van der Waals surface area (Å²) in [6.07, 6.45) is 4.98. The van der Waals surface area contributed by atoms with Gasteiger partial charge in [-0.25, -0.2) is 0 Å². The molecular weight excluding hydrogens is 138 g/mol. The molecule has 1 atom stereocenters. The van der Waals surface area contributed by atoms with Crippen molar-refractivity contribution in [3.8, 4) is 0 Å². The second kappa shape index (κ2) is 4.73. The van der Waals surface area contributed by atoms with Gasteiger partial charge in [0.25, 0.3) is 0 Å². The van der Waals surface area contributed by atoms with Gasteiger partial charge in [0.15, 0.2) is 0 Å². The van der Waals surface area contributed by atoms with Crippen molar-refractivity contribution in [2.45, 2.75) is 38.6 Å². The van der Waals surface area contributed by atoms with Crippen LogP contribution in [0.4, 0.5) is 0 Å². The lowest BCUT2D eigenvalue weighted by Crippen LogP contribution is -2.26. The molecule has 2 heteroatoms. The van der Waals surface area contributed by atoms with Crippen LogP contribution < -0.4 is 5.73 Å². The Morgan fingerprint density at radius 3 is 2.82 bits per heavy atom. The van der Waals surface area contributed by atoms with Crippen molar-refractivity contribution in [3.05, 3.63) is 0 Å². The van der Waals surface area contributed by atoms with E-state index in [9.17, 15) is 0 Å². The summed E-state index contributed by atoms with van der Waals surface area (Å²) in [6, 6.07) is 0.263. The lowest BCUT2D eigenvalue weighted by molar-refractivity contribution is 0.109. The third kappa shape index (κ3) is 4.38. The summed E-state index contributed by atoms with van der Waals surface area (Å²) >= 11 is 0. The number of hydrogen-bond acceptors (Lipinski definition) is 2. The minimum atomic E-state index is 0.263. The van der Waals surface area contributed by atoms with Gasteiger partial charge in [-0.15, -0.1) is 0 Å². The van der Waals surface area contributed by atoms with Crippen molar-refractivity contribution < 1.29 is 4.74 Å². The number of rotatable bonds is 6. The minimum Gasteiger partial charge on any atom is -0.380 e. The van der Waals surface area contributed by atoms with Gasteiger partial charge in [-0.1, -0.05) is 13.3 Å². The molecule has 0 aromatic rings. The molecule has 1 fully saturated rings. The Bertz CT molecular complexity index is 102. The van der Waals surface area contributed by atoms with Crippen molar-refractivity contribution in [2.75, 3.05) is 13.2 Å². The van der Waals surface area contributed by atoms with E-state index < -0.39 is 0 Å². The van der Waals surface area contributed by atoms with E-state index in [1.807, 2.05) is 0 Å². The maximum atomic E-state index is 5.77. The summed E-state index contributed by atoms with van der Waals surface area (Å²) in [5, 5.41) is 0. The maximum absolute atomic E-state index is 5.77. The molecule has 2 nitrogen and oxygen atoms in total. The highest BCUT2D eigenvalue weighted by Crippen LogP contribution is 2.28. The number of hydrogen-bond donors (Lipinski definition) is 1. The summed E-state index contributed by atoms with van der Waals surface area (Å²) < 4.78 is 5.45. The summed E-state index contributed by atoms with van der Waals surface area (Å²) in [7, 11) is 0. The fourth-order valence-electron chi connectivity index (χ4n) is 1.12. The van der Waals surface area contributed by atoms with Gasteiger partial charge in [-0.05, 0) is 25.2 Å². The molecule has 2 N–H and O–H groups in total. The Balaban J connectivity index is 1.84. The largest absolute Gasteiger partial charge is 0.380 e. The fourth-order valence-corrected chi connectivity index (χ4v) is 1.12. The quantitative estimate of drug-likeness (QED) is 0.634. The molecule has 0 aromatic heterocycles. The predicted octanol–water partition coefficient (Wildman–Crippen LogP) is 1.54. The Hall–Kier alpha value is -0.0800. The molecule has 0 aliphatic heterocycles. The van der Waals surface area contributed by atoms with E-state index in [1.165, 1.54) is 12.8 Å². The second-order valence-corrected chi connectivity index (χ2v) is 3.53. The minimum absolute atomic E-state index is 0.263. The molecule has 1 unspecified atom stereocenters. The zero-order chi connectivity index (χ0) is 8.10. The van der Waals surface area contributed by atoms with Crippen molar-refractivity contribution in [2.24, 2.45) is 11.7 Å². The van der Waals surface area contributed by atoms with E-state index in [-0.39, 0.29) is 6.04 Å². The van der Waals surface area contributed by atoms with Gasteiger partial charge in [-0.2, -0.15) is 0 Å². The Kier molecular flexibility index (Phi) is 3.87. The molecule has 0 saturated heterocycles. The van der Waals surface area contributed by atoms with Crippen LogP contribution in [-0.4, -0.2) is 19.3 Å². The summed E-state index contributed by atoms with van der Waals surface area (Å²) in [4.78, 5) is 0. The summed E-state index contributed by atoms with van der Waals surface area (Å²) in [5.74, 6) is 0.865. The van der Waals surface area contributed by atoms with Gasteiger partial charge in [0.1, 0.15) is 0 Å². The van der Waals surface area contributed by atoms with E-state index in [4.69, 9.17) is 10.5 Å². The molecule has 1 aliphatic carbocycles. The van der Waals surface area contributed by atoms with Crippen LogP contribution >= 0.6 is 0 Å². The van der Waals surface area contributed by atoms with Gasteiger partial charge >= 0.3 is 0 Å². The molecular formula is C9H19NO. The fraction of sp³-hybridized carbons (Fsp3) is 1.00. The topological polar surface area (TPSA) is 35.2 Å². The van der Waals surface area contributed by atoms with Gasteiger partial charge < -0.3 is 10.5 Å². The van der Waals surface area contributed by atoms with Crippen LogP contribution in [0.25, 0.3) is 0 Å². The molecule has 0 amide bonds. The zero-order valence-corrected chi connectivity index (χ0v) is 7.38. The van der Waals surface area contributed by atoms with Gasteiger partial charge in [0.05, 0.1) is 6.61 Å². The third-order valence-electron chi connectivity index (χ3n) is 2.04.